The van der Waals surface area contributed by atoms with Gasteiger partial charge in [-0.15, -0.1) is 0 Å². The lowest BCUT2D eigenvalue weighted by Crippen LogP contribution is -2.30. The molecule has 1 unspecified atom stereocenters. The molecule has 1 N–H and O–H groups in total. The first-order valence-electron chi connectivity index (χ1n) is 5.69. The molecular formula is C12H22O3. The second-order valence-corrected chi connectivity index (χ2v) is 5.35. The Morgan fingerprint density at radius 2 is 2.00 bits per heavy atom. The van der Waals surface area contributed by atoms with Crippen LogP contribution in [0.2, 0.25) is 0 Å². The highest BCUT2D eigenvalue weighted by molar-refractivity contribution is 5.69. The van der Waals surface area contributed by atoms with Crippen LogP contribution in [0, 0.1) is 11.3 Å². The van der Waals surface area contributed by atoms with Crippen LogP contribution in [0.4, 0.5) is 0 Å². The van der Waals surface area contributed by atoms with Gasteiger partial charge in [-0.1, -0.05) is 13.8 Å². The third-order valence-electron chi connectivity index (χ3n) is 3.53. The smallest absolute Gasteiger partial charge is 0.308 e. The van der Waals surface area contributed by atoms with Crippen molar-refractivity contribution < 1.29 is 14.6 Å². The Bertz CT molecular complexity index is 213. The number of methoxy groups -OCH3 is 1. The highest BCUT2D eigenvalue weighted by atomic mass is 16.5. The Kier molecular flexibility index (Phi) is 4.14. The van der Waals surface area contributed by atoms with E-state index < -0.39 is 6.10 Å². The minimum atomic E-state index is -0.520. The van der Waals surface area contributed by atoms with Gasteiger partial charge in [0.15, 0.2) is 0 Å². The molecule has 3 nitrogen and oxygen atoms in total. The number of esters is 1. The molecule has 0 saturated heterocycles. The molecule has 0 amide bonds. The number of hydrogen-bond donors (Lipinski definition) is 1. The Balaban J connectivity index is 2.36. The van der Waals surface area contributed by atoms with Crippen LogP contribution in [0.25, 0.3) is 0 Å². The summed E-state index contributed by atoms with van der Waals surface area (Å²) in [5, 5.41) is 9.84. The number of aliphatic hydroxyl groups excluding tert-OH is 1. The van der Waals surface area contributed by atoms with E-state index in [2.05, 4.69) is 18.6 Å². The summed E-state index contributed by atoms with van der Waals surface area (Å²) in [7, 11) is 1.36. The zero-order valence-electron chi connectivity index (χ0n) is 9.95. The highest BCUT2D eigenvalue weighted by Gasteiger charge is 2.31. The van der Waals surface area contributed by atoms with E-state index in [-0.39, 0.29) is 18.3 Å². The molecule has 0 heterocycles. The molecule has 1 aliphatic carbocycles. The Morgan fingerprint density at radius 1 is 1.47 bits per heavy atom. The van der Waals surface area contributed by atoms with E-state index in [4.69, 9.17) is 0 Å². The van der Waals surface area contributed by atoms with Crippen molar-refractivity contribution in [3.8, 4) is 0 Å². The zero-order chi connectivity index (χ0) is 11.5. The predicted octanol–water partition coefficient (Wildman–Crippen LogP) is 2.13. The predicted molar refractivity (Wildman–Crippen MR) is 58.4 cm³/mol. The Hall–Kier alpha value is -0.570. The number of carbonyl (C=O) groups is 1. The lowest BCUT2D eigenvalue weighted by molar-refractivity contribution is -0.143. The molecule has 0 aliphatic heterocycles. The monoisotopic (exact) mass is 214 g/mol. The van der Waals surface area contributed by atoms with Gasteiger partial charge in [-0.3, -0.25) is 4.79 Å². The number of rotatable bonds is 3. The van der Waals surface area contributed by atoms with Crippen LogP contribution in [0.15, 0.2) is 0 Å². The van der Waals surface area contributed by atoms with Gasteiger partial charge < -0.3 is 9.84 Å². The van der Waals surface area contributed by atoms with Crippen LogP contribution >= 0.6 is 0 Å². The van der Waals surface area contributed by atoms with Gasteiger partial charge in [0, 0.05) is 0 Å². The van der Waals surface area contributed by atoms with Crippen molar-refractivity contribution in [2.75, 3.05) is 7.11 Å². The minimum absolute atomic E-state index is 0.140. The van der Waals surface area contributed by atoms with Gasteiger partial charge in [0.2, 0.25) is 0 Å². The Labute approximate surface area is 91.8 Å². The number of aliphatic hydroxyl groups is 1. The number of ether oxygens (including phenoxy) is 1. The summed E-state index contributed by atoms with van der Waals surface area (Å²) in [6.45, 7) is 4.52. The van der Waals surface area contributed by atoms with Crippen LogP contribution < -0.4 is 0 Å². The van der Waals surface area contributed by atoms with Crippen molar-refractivity contribution in [3.05, 3.63) is 0 Å². The first-order chi connectivity index (χ1) is 6.94. The molecule has 15 heavy (non-hydrogen) atoms. The number of hydrogen-bond acceptors (Lipinski definition) is 3. The molecule has 0 aromatic heterocycles. The second-order valence-electron chi connectivity index (χ2n) is 5.35. The van der Waals surface area contributed by atoms with Gasteiger partial charge in [0.05, 0.1) is 19.6 Å². The zero-order valence-corrected chi connectivity index (χ0v) is 9.95. The molecule has 3 heteroatoms. The summed E-state index contributed by atoms with van der Waals surface area (Å²) in [4.78, 5) is 11.0. The minimum Gasteiger partial charge on any atom is -0.469 e. The molecule has 0 aromatic carbocycles. The topological polar surface area (TPSA) is 46.5 Å². The molecular weight excluding hydrogens is 192 g/mol. The van der Waals surface area contributed by atoms with E-state index in [1.165, 1.54) is 7.11 Å². The SMILES string of the molecule is COC(=O)CC(O)C1CCC(C)(C)CC1. The van der Waals surface area contributed by atoms with Crippen molar-refractivity contribution in [2.45, 2.75) is 52.1 Å². The molecule has 1 rings (SSSR count). The molecule has 0 radical (unpaired) electrons. The summed E-state index contributed by atoms with van der Waals surface area (Å²) < 4.78 is 4.55. The van der Waals surface area contributed by atoms with Crippen LogP contribution in [0.1, 0.15) is 46.0 Å². The molecule has 0 spiro atoms. The van der Waals surface area contributed by atoms with E-state index in [1.807, 2.05) is 0 Å². The maximum absolute atomic E-state index is 11.0. The molecule has 1 atom stereocenters. The van der Waals surface area contributed by atoms with Crippen molar-refractivity contribution in [2.24, 2.45) is 11.3 Å². The second kappa shape index (κ2) is 4.97. The lowest BCUT2D eigenvalue weighted by atomic mass is 9.71. The fourth-order valence-electron chi connectivity index (χ4n) is 2.23. The van der Waals surface area contributed by atoms with Crippen molar-refractivity contribution in [1.82, 2.24) is 0 Å². The Morgan fingerprint density at radius 3 is 2.47 bits per heavy atom. The largest absolute Gasteiger partial charge is 0.469 e. The van der Waals surface area contributed by atoms with Crippen LogP contribution in [0.5, 0.6) is 0 Å². The third kappa shape index (κ3) is 3.82. The summed E-state index contributed by atoms with van der Waals surface area (Å²) in [6, 6.07) is 0. The van der Waals surface area contributed by atoms with Crippen molar-refractivity contribution >= 4 is 5.97 Å². The highest BCUT2D eigenvalue weighted by Crippen LogP contribution is 2.39. The summed E-state index contributed by atoms with van der Waals surface area (Å²) in [5.41, 5.74) is 0.404. The molecule has 1 fully saturated rings. The fourth-order valence-corrected chi connectivity index (χ4v) is 2.23. The van der Waals surface area contributed by atoms with Gasteiger partial charge in [-0.2, -0.15) is 0 Å². The third-order valence-corrected chi connectivity index (χ3v) is 3.53. The first kappa shape index (κ1) is 12.5. The van der Waals surface area contributed by atoms with E-state index in [9.17, 15) is 9.90 Å². The van der Waals surface area contributed by atoms with E-state index in [0.717, 1.165) is 25.7 Å². The maximum Gasteiger partial charge on any atom is 0.308 e. The maximum atomic E-state index is 11.0. The van der Waals surface area contributed by atoms with Crippen LogP contribution in [0.3, 0.4) is 0 Å². The molecule has 88 valence electrons. The summed E-state index contributed by atoms with van der Waals surface area (Å²) >= 11 is 0. The van der Waals surface area contributed by atoms with Crippen LogP contribution in [-0.2, 0) is 9.53 Å². The summed E-state index contributed by atoms with van der Waals surface area (Å²) in [5.74, 6) is -0.0375. The fraction of sp³-hybridized carbons (Fsp3) is 0.917. The first-order valence-corrected chi connectivity index (χ1v) is 5.69. The quantitative estimate of drug-likeness (QED) is 0.732. The molecule has 0 aromatic rings. The average molecular weight is 214 g/mol. The van der Waals surface area contributed by atoms with E-state index in [0.29, 0.717) is 5.41 Å². The van der Waals surface area contributed by atoms with Crippen LogP contribution in [-0.4, -0.2) is 24.3 Å². The van der Waals surface area contributed by atoms with Gasteiger partial charge in [-0.05, 0) is 37.0 Å². The molecule has 0 bridgehead atoms. The van der Waals surface area contributed by atoms with Crippen molar-refractivity contribution in [3.63, 3.8) is 0 Å². The van der Waals surface area contributed by atoms with E-state index >= 15 is 0 Å². The lowest BCUT2D eigenvalue weighted by Gasteiger charge is -2.36. The van der Waals surface area contributed by atoms with Gasteiger partial charge in [-0.25, -0.2) is 0 Å². The van der Waals surface area contributed by atoms with Gasteiger partial charge in [0.1, 0.15) is 0 Å². The molecule has 1 saturated carbocycles. The van der Waals surface area contributed by atoms with Gasteiger partial charge >= 0.3 is 5.97 Å². The summed E-state index contributed by atoms with van der Waals surface area (Å²) in [6.07, 6.45) is 3.93. The van der Waals surface area contributed by atoms with Gasteiger partial charge in [0.25, 0.3) is 0 Å². The molecule has 1 aliphatic rings. The van der Waals surface area contributed by atoms with Crippen molar-refractivity contribution in [1.29, 1.82) is 0 Å². The number of carbonyl (C=O) groups excluding carboxylic acids is 1. The standard InChI is InChI=1S/C12H22O3/c1-12(2)6-4-9(5-7-12)10(13)8-11(14)15-3/h9-10,13H,4-8H2,1-3H3. The average Bonchev–Trinajstić information content (AvgIpc) is 2.17. The normalized spacial score (nSPS) is 23.5. The van der Waals surface area contributed by atoms with E-state index in [1.54, 1.807) is 0 Å².